The van der Waals surface area contributed by atoms with Gasteiger partial charge < -0.3 is 19.5 Å². The second-order valence-electron chi connectivity index (χ2n) is 9.68. The van der Waals surface area contributed by atoms with Crippen LogP contribution in [0.15, 0.2) is 33.5 Å². The maximum absolute atomic E-state index is 13.6. The van der Waals surface area contributed by atoms with E-state index in [0.29, 0.717) is 18.3 Å². The highest BCUT2D eigenvalue weighted by atomic mass is 32.2. The summed E-state index contributed by atoms with van der Waals surface area (Å²) < 4.78 is 73.8. The summed E-state index contributed by atoms with van der Waals surface area (Å²) in [5.74, 6) is -2.71. The number of alkyl halides is 3. The van der Waals surface area contributed by atoms with Gasteiger partial charge in [0, 0.05) is 37.8 Å². The Balaban J connectivity index is 1.62. The molecule has 1 unspecified atom stereocenters. The van der Waals surface area contributed by atoms with Crippen LogP contribution in [-0.2, 0) is 19.7 Å². The number of aromatic nitrogens is 4. The first-order valence-corrected chi connectivity index (χ1v) is 16.0. The fraction of sp³-hybridized carbons (Fsp3) is 0.480. The van der Waals surface area contributed by atoms with Crippen LogP contribution < -0.4 is 20.5 Å². The van der Waals surface area contributed by atoms with E-state index >= 15 is 0 Å². The lowest BCUT2D eigenvalue weighted by Crippen LogP contribution is -2.48. The zero-order valence-electron chi connectivity index (χ0n) is 23.9. The largest absolute Gasteiger partial charge is 0.493 e. The minimum Gasteiger partial charge on any atom is -0.477 e. The van der Waals surface area contributed by atoms with Crippen molar-refractivity contribution in [3.63, 3.8) is 0 Å². The molecule has 0 aromatic carbocycles. The van der Waals surface area contributed by atoms with Crippen LogP contribution in [0.5, 0.6) is 5.88 Å². The first-order valence-electron chi connectivity index (χ1n) is 13.7. The van der Waals surface area contributed by atoms with Crippen molar-refractivity contribution in [2.24, 2.45) is 0 Å². The number of ether oxygens (including phenoxy) is 1. The molecule has 238 valence electrons. The number of hydrazine groups is 1. The van der Waals surface area contributed by atoms with Gasteiger partial charge in [0.2, 0.25) is 21.0 Å². The number of hydrogen-bond acceptors (Lipinski definition) is 13. The second kappa shape index (κ2) is 12.3. The second-order valence-corrected chi connectivity index (χ2v) is 12.5. The van der Waals surface area contributed by atoms with Gasteiger partial charge in [-0.05, 0) is 26.0 Å². The van der Waals surface area contributed by atoms with Crippen LogP contribution in [0.3, 0.4) is 0 Å². The molecule has 0 amide bonds. The summed E-state index contributed by atoms with van der Waals surface area (Å²) in [5.41, 5.74) is -1.40. The quantitative estimate of drug-likeness (QED) is 0.360. The van der Waals surface area contributed by atoms with E-state index in [1.54, 1.807) is 19.2 Å². The lowest BCUT2D eigenvalue weighted by atomic mass is 10.1. The number of sulfonamides is 1. The van der Waals surface area contributed by atoms with E-state index < -0.39 is 39.5 Å². The zero-order chi connectivity index (χ0) is 31.8. The van der Waals surface area contributed by atoms with Gasteiger partial charge in [-0.1, -0.05) is 19.0 Å². The predicted molar refractivity (Wildman–Crippen MR) is 152 cm³/mol. The Hall–Kier alpha value is -3.81. The summed E-state index contributed by atoms with van der Waals surface area (Å²) in [6.07, 6.45) is -2.58. The lowest BCUT2D eigenvalue weighted by molar-refractivity contribution is -0.201. The van der Waals surface area contributed by atoms with Gasteiger partial charge in [-0.2, -0.15) is 17.5 Å². The van der Waals surface area contributed by atoms with Gasteiger partial charge in [0.1, 0.15) is 22.5 Å². The highest BCUT2D eigenvalue weighted by molar-refractivity contribution is 7.89. The number of H-pyrrole nitrogens is 1. The molecule has 1 atom stereocenters. The van der Waals surface area contributed by atoms with Gasteiger partial charge in [-0.3, -0.25) is 4.79 Å². The maximum Gasteiger partial charge on any atom is 0.493 e. The maximum atomic E-state index is 13.6. The smallest absolute Gasteiger partial charge is 0.477 e. The summed E-state index contributed by atoms with van der Waals surface area (Å²) in [6.45, 7) is 8.03. The number of rotatable bonds is 9. The lowest BCUT2D eigenvalue weighted by Gasteiger charge is -2.33. The number of carbonyl (C=O) groups excluding carboxylic acids is 1. The molecule has 0 radical (unpaired) electrons. The summed E-state index contributed by atoms with van der Waals surface area (Å²) in [6, 6.07) is 0.406. The molecule has 0 bridgehead atoms. The average molecular weight is 659 g/mol. The van der Waals surface area contributed by atoms with Gasteiger partial charge in [-0.15, -0.1) is 11.3 Å². The Morgan fingerprint density at radius 3 is 2.48 bits per heavy atom. The number of piperazine rings is 1. The van der Waals surface area contributed by atoms with Crippen molar-refractivity contribution in [3.05, 3.63) is 39.9 Å². The van der Waals surface area contributed by atoms with Crippen LogP contribution in [0.1, 0.15) is 38.9 Å². The standard InChI is InChI=1S/C25H29F3N8O6S2/c1-4-17-18-19(36(42-23(38)25(26,27)28)35(17)24-29-7-12-43-24)21(37)32-20(31-18)16-13-15(14-30-22(16)41-6-3)44(39,40)34-10-8-33(5-2)9-11-34/h7,12-14,17H,4-6,8-11H2,1-3H3,(H,31,32,37). The molecular formula is C25H29F3N8O6S2. The number of hydrogen-bond donors (Lipinski definition) is 1. The van der Waals surface area contributed by atoms with Crippen molar-refractivity contribution in [2.45, 2.75) is 44.3 Å². The van der Waals surface area contributed by atoms with Crippen LogP contribution in [0.4, 0.5) is 24.0 Å². The summed E-state index contributed by atoms with van der Waals surface area (Å²) >= 11 is 1.04. The third-order valence-electron chi connectivity index (χ3n) is 7.10. The number of fused-ring (bicyclic) bond motifs is 1. The fourth-order valence-corrected chi connectivity index (χ4v) is 7.01. The summed E-state index contributed by atoms with van der Waals surface area (Å²) in [7, 11) is -3.99. The molecule has 1 saturated heterocycles. The molecule has 44 heavy (non-hydrogen) atoms. The molecule has 3 aromatic heterocycles. The Kier molecular flexibility index (Phi) is 8.83. The first-order chi connectivity index (χ1) is 20.9. The molecule has 0 aliphatic carbocycles. The Morgan fingerprint density at radius 2 is 1.89 bits per heavy atom. The molecule has 14 nitrogen and oxygen atoms in total. The summed E-state index contributed by atoms with van der Waals surface area (Å²) in [5, 5.41) is 3.29. The number of anilines is 2. The highest BCUT2D eigenvalue weighted by Crippen LogP contribution is 2.44. The van der Waals surface area contributed by atoms with E-state index in [4.69, 9.17) is 4.74 Å². The SMILES string of the molecule is CCOc1ncc(S(=O)(=O)N2CCN(CC)CC2)cc1-c1nc2c(c(=O)[nH]1)N(OC(=O)C(F)(F)F)N(c1nccs1)C2CC. The van der Waals surface area contributed by atoms with Crippen molar-refractivity contribution in [3.8, 4) is 17.3 Å². The van der Waals surface area contributed by atoms with Gasteiger partial charge >= 0.3 is 12.1 Å². The molecule has 2 aliphatic heterocycles. The monoisotopic (exact) mass is 658 g/mol. The number of thiazole rings is 1. The van der Waals surface area contributed by atoms with E-state index in [2.05, 4.69) is 29.7 Å². The number of nitrogens with zero attached hydrogens (tertiary/aromatic N) is 7. The normalized spacial score (nSPS) is 18.0. The molecule has 5 heterocycles. The van der Waals surface area contributed by atoms with Gasteiger partial charge in [-0.25, -0.2) is 33.2 Å². The van der Waals surface area contributed by atoms with E-state index in [-0.39, 0.29) is 59.1 Å². The van der Waals surface area contributed by atoms with E-state index in [9.17, 15) is 31.2 Å². The van der Waals surface area contributed by atoms with Crippen LogP contribution >= 0.6 is 11.3 Å². The van der Waals surface area contributed by atoms with Crippen molar-refractivity contribution in [2.75, 3.05) is 49.5 Å². The zero-order valence-corrected chi connectivity index (χ0v) is 25.5. The van der Waals surface area contributed by atoms with Crippen molar-refractivity contribution in [1.82, 2.24) is 29.1 Å². The molecule has 1 fully saturated rings. The van der Waals surface area contributed by atoms with Crippen LogP contribution in [-0.4, -0.2) is 89.0 Å². The number of halogens is 3. The molecule has 0 saturated carbocycles. The molecule has 5 rings (SSSR count). The fourth-order valence-electron chi connectivity index (χ4n) is 4.94. The summed E-state index contributed by atoms with van der Waals surface area (Å²) in [4.78, 5) is 47.5. The molecule has 2 aliphatic rings. The van der Waals surface area contributed by atoms with Gasteiger partial charge in [0.05, 0.1) is 18.4 Å². The Labute approximate surface area is 254 Å². The van der Waals surface area contributed by atoms with Crippen LogP contribution in [0, 0.1) is 0 Å². The highest BCUT2D eigenvalue weighted by Gasteiger charge is 2.49. The molecule has 1 N–H and O–H groups in total. The van der Waals surface area contributed by atoms with Crippen molar-refractivity contribution in [1.29, 1.82) is 0 Å². The third kappa shape index (κ3) is 5.83. The van der Waals surface area contributed by atoms with Crippen LogP contribution in [0.2, 0.25) is 0 Å². The Bertz CT molecular complexity index is 1680. The number of carbonyl (C=O) groups is 1. The molecule has 19 heteroatoms. The van der Waals surface area contributed by atoms with E-state index in [0.717, 1.165) is 22.9 Å². The number of aromatic amines is 1. The third-order valence-corrected chi connectivity index (χ3v) is 9.73. The van der Waals surface area contributed by atoms with E-state index in [1.165, 1.54) is 22.8 Å². The minimum atomic E-state index is -5.35. The first kappa shape index (κ1) is 31.6. The molecule has 0 spiro atoms. The number of likely N-dealkylation sites (N-methyl/N-ethyl adjacent to an activating group) is 1. The van der Waals surface area contributed by atoms with Crippen molar-refractivity contribution >= 4 is 38.1 Å². The van der Waals surface area contributed by atoms with Crippen LogP contribution in [0.25, 0.3) is 11.4 Å². The number of pyridine rings is 1. The van der Waals surface area contributed by atoms with E-state index in [1.807, 2.05) is 6.92 Å². The number of nitrogens with one attached hydrogen (secondary N) is 1. The Morgan fingerprint density at radius 1 is 1.16 bits per heavy atom. The van der Waals surface area contributed by atoms with Gasteiger partial charge in [0.15, 0.2) is 5.69 Å². The predicted octanol–water partition coefficient (Wildman–Crippen LogP) is 2.73. The molecular weight excluding hydrogens is 629 g/mol. The molecule has 3 aromatic rings. The average Bonchev–Trinajstić information content (AvgIpc) is 3.63. The topological polar surface area (TPSA) is 154 Å². The minimum absolute atomic E-state index is 0.0199. The van der Waals surface area contributed by atoms with Crippen molar-refractivity contribution < 1.29 is 36.0 Å². The van der Waals surface area contributed by atoms with Gasteiger partial charge in [0.25, 0.3) is 5.56 Å².